The van der Waals surface area contributed by atoms with Crippen molar-refractivity contribution in [1.29, 1.82) is 0 Å². The molecule has 0 saturated carbocycles. The standard InChI is InChI=1S/C23H31ClN4O2.HI/c1-25-23(26-11-10-19-6-2-4-8-21(19)24)27-18-20-7-3-5-9-22(20)30-17-14-28-12-15-29-16-13-28;/h2-9H,10-18H2,1H3,(H2,25,26,27);1H. The normalized spacial score (nSPS) is 14.6. The number of nitrogens with zero attached hydrogens (tertiary/aromatic N) is 2. The monoisotopic (exact) mass is 558 g/mol. The van der Waals surface area contributed by atoms with Crippen LogP contribution in [0.3, 0.4) is 0 Å². The highest BCUT2D eigenvalue weighted by Gasteiger charge is 2.11. The van der Waals surface area contributed by atoms with E-state index < -0.39 is 0 Å². The van der Waals surface area contributed by atoms with Gasteiger partial charge in [-0.3, -0.25) is 9.89 Å². The number of morpholine rings is 1. The summed E-state index contributed by atoms with van der Waals surface area (Å²) in [6, 6.07) is 16.0. The summed E-state index contributed by atoms with van der Waals surface area (Å²) in [5.41, 5.74) is 2.23. The Bertz CT molecular complexity index is 816. The van der Waals surface area contributed by atoms with Crippen LogP contribution in [0.25, 0.3) is 0 Å². The van der Waals surface area contributed by atoms with Gasteiger partial charge < -0.3 is 20.1 Å². The highest BCUT2D eigenvalue weighted by molar-refractivity contribution is 14.0. The molecule has 2 N–H and O–H groups in total. The van der Waals surface area contributed by atoms with Crippen LogP contribution < -0.4 is 15.4 Å². The molecule has 170 valence electrons. The van der Waals surface area contributed by atoms with Gasteiger partial charge in [0.2, 0.25) is 0 Å². The topological polar surface area (TPSA) is 58.1 Å². The lowest BCUT2D eigenvalue weighted by atomic mass is 10.1. The number of nitrogens with one attached hydrogen (secondary N) is 2. The van der Waals surface area contributed by atoms with Gasteiger partial charge in [0.15, 0.2) is 5.96 Å². The van der Waals surface area contributed by atoms with Crippen molar-refractivity contribution < 1.29 is 9.47 Å². The van der Waals surface area contributed by atoms with Gasteiger partial charge in [0, 0.05) is 50.4 Å². The van der Waals surface area contributed by atoms with Gasteiger partial charge in [-0.1, -0.05) is 48.0 Å². The highest BCUT2D eigenvalue weighted by atomic mass is 127. The number of hydrogen-bond acceptors (Lipinski definition) is 4. The van der Waals surface area contributed by atoms with Crippen molar-refractivity contribution in [1.82, 2.24) is 15.5 Å². The van der Waals surface area contributed by atoms with Gasteiger partial charge in [-0.15, -0.1) is 24.0 Å². The second kappa shape index (κ2) is 14.5. The van der Waals surface area contributed by atoms with Gasteiger partial charge in [-0.05, 0) is 24.1 Å². The van der Waals surface area contributed by atoms with Gasteiger partial charge in [0.25, 0.3) is 0 Å². The maximum Gasteiger partial charge on any atom is 0.191 e. The fourth-order valence-corrected chi connectivity index (χ4v) is 3.55. The average Bonchev–Trinajstić information content (AvgIpc) is 2.79. The molecule has 1 heterocycles. The maximum absolute atomic E-state index is 6.23. The van der Waals surface area contributed by atoms with Crippen LogP contribution in [0.1, 0.15) is 11.1 Å². The predicted octanol–water partition coefficient (Wildman–Crippen LogP) is 3.58. The third-order valence-electron chi connectivity index (χ3n) is 5.06. The van der Waals surface area contributed by atoms with Crippen LogP contribution in [0, 0.1) is 0 Å². The summed E-state index contributed by atoms with van der Waals surface area (Å²) in [7, 11) is 1.77. The number of para-hydroxylation sites is 1. The number of hydrogen-bond donors (Lipinski definition) is 2. The molecule has 0 aliphatic carbocycles. The molecule has 0 spiro atoms. The van der Waals surface area contributed by atoms with E-state index in [9.17, 15) is 0 Å². The van der Waals surface area contributed by atoms with E-state index in [1.165, 1.54) is 0 Å². The molecule has 6 nitrogen and oxygen atoms in total. The first-order valence-corrected chi connectivity index (χ1v) is 10.8. The Morgan fingerprint density at radius 1 is 1.06 bits per heavy atom. The van der Waals surface area contributed by atoms with Crippen molar-refractivity contribution in [3.63, 3.8) is 0 Å². The second-order valence-corrected chi connectivity index (χ2v) is 7.51. The smallest absolute Gasteiger partial charge is 0.191 e. The van der Waals surface area contributed by atoms with Gasteiger partial charge in [-0.2, -0.15) is 0 Å². The van der Waals surface area contributed by atoms with Crippen molar-refractivity contribution >= 4 is 41.5 Å². The SMILES string of the molecule is CN=C(NCCc1ccccc1Cl)NCc1ccccc1OCCN1CCOCC1.I. The number of ether oxygens (including phenoxy) is 2. The molecule has 0 radical (unpaired) electrons. The maximum atomic E-state index is 6.23. The molecule has 1 saturated heterocycles. The lowest BCUT2D eigenvalue weighted by molar-refractivity contribution is 0.0322. The molecule has 2 aromatic rings. The predicted molar refractivity (Wildman–Crippen MR) is 138 cm³/mol. The first-order chi connectivity index (χ1) is 14.8. The quantitative estimate of drug-likeness (QED) is 0.280. The molecule has 0 unspecified atom stereocenters. The van der Waals surface area contributed by atoms with E-state index in [1.54, 1.807) is 7.05 Å². The number of halogens is 2. The minimum absolute atomic E-state index is 0. The Kier molecular flexibility index (Phi) is 12.0. The van der Waals surface area contributed by atoms with Crippen LogP contribution >= 0.6 is 35.6 Å². The summed E-state index contributed by atoms with van der Waals surface area (Å²) in [6.07, 6.45) is 0.835. The van der Waals surface area contributed by atoms with Gasteiger partial charge in [0.1, 0.15) is 12.4 Å². The Morgan fingerprint density at radius 2 is 1.77 bits per heavy atom. The van der Waals surface area contributed by atoms with E-state index in [-0.39, 0.29) is 24.0 Å². The Balaban J connectivity index is 0.00000341. The van der Waals surface area contributed by atoms with Crippen LogP contribution in [-0.4, -0.2) is 63.9 Å². The lowest BCUT2D eigenvalue weighted by Gasteiger charge is -2.26. The zero-order valence-corrected chi connectivity index (χ0v) is 21.1. The van der Waals surface area contributed by atoms with Crippen LogP contribution in [-0.2, 0) is 17.7 Å². The number of rotatable bonds is 9. The summed E-state index contributed by atoms with van der Waals surface area (Å²) >= 11 is 6.23. The molecule has 0 amide bonds. The third kappa shape index (κ3) is 8.84. The number of aliphatic imine (C=N–C) groups is 1. The fourth-order valence-electron chi connectivity index (χ4n) is 3.32. The van der Waals surface area contributed by atoms with Crippen LogP contribution in [0.5, 0.6) is 5.75 Å². The van der Waals surface area contributed by atoms with E-state index >= 15 is 0 Å². The van der Waals surface area contributed by atoms with Crippen LogP contribution in [0.15, 0.2) is 53.5 Å². The molecule has 1 aliphatic rings. The molecule has 2 aromatic carbocycles. The average molecular weight is 559 g/mol. The van der Waals surface area contributed by atoms with Crippen molar-refractivity contribution in [3.05, 3.63) is 64.7 Å². The van der Waals surface area contributed by atoms with E-state index in [1.807, 2.05) is 42.5 Å². The first-order valence-electron chi connectivity index (χ1n) is 10.4. The lowest BCUT2D eigenvalue weighted by Crippen LogP contribution is -2.39. The molecule has 0 bridgehead atoms. The number of guanidine groups is 1. The molecule has 0 aromatic heterocycles. The zero-order chi connectivity index (χ0) is 21.0. The fraction of sp³-hybridized carbons (Fsp3) is 0.435. The molecule has 0 atom stereocenters. The Morgan fingerprint density at radius 3 is 2.52 bits per heavy atom. The largest absolute Gasteiger partial charge is 0.492 e. The van der Waals surface area contributed by atoms with Crippen molar-refractivity contribution in [3.8, 4) is 5.75 Å². The van der Waals surface area contributed by atoms with Crippen molar-refractivity contribution in [2.24, 2.45) is 4.99 Å². The third-order valence-corrected chi connectivity index (χ3v) is 5.42. The van der Waals surface area contributed by atoms with Gasteiger partial charge >= 0.3 is 0 Å². The molecular formula is C23H32ClIN4O2. The highest BCUT2D eigenvalue weighted by Crippen LogP contribution is 2.18. The Labute approximate surface area is 207 Å². The van der Waals surface area contributed by atoms with Gasteiger partial charge in [0.05, 0.1) is 13.2 Å². The van der Waals surface area contributed by atoms with E-state index in [4.69, 9.17) is 21.1 Å². The van der Waals surface area contributed by atoms with Crippen LogP contribution in [0.2, 0.25) is 5.02 Å². The summed E-state index contributed by atoms with van der Waals surface area (Å²) in [6.45, 7) is 6.54. The van der Waals surface area contributed by atoms with Crippen LogP contribution in [0.4, 0.5) is 0 Å². The zero-order valence-electron chi connectivity index (χ0n) is 18.0. The van der Waals surface area contributed by atoms with Crippen molar-refractivity contribution in [2.75, 3.05) is 53.0 Å². The molecular weight excluding hydrogens is 527 g/mol. The van der Waals surface area contributed by atoms with Gasteiger partial charge in [-0.25, -0.2) is 0 Å². The molecule has 1 aliphatic heterocycles. The minimum atomic E-state index is 0. The number of benzene rings is 2. The summed E-state index contributed by atoms with van der Waals surface area (Å²) in [4.78, 5) is 6.68. The second-order valence-electron chi connectivity index (χ2n) is 7.10. The van der Waals surface area contributed by atoms with E-state index in [0.29, 0.717) is 13.2 Å². The van der Waals surface area contributed by atoms with E-state index in [0.717, 1.165) is 73.7 Å². The summed E-state index contributed by atoms with van der Waals surface area (Å²) < 4.78 is 11.5. The molecule has 3 rings (SSSR count). The van der Waals surface area contributed by atoms with E-state index in [2.05, 4.69) is 26.6 Å². The molecule has 31 heavy (non-hydrogen) atoms. The van der Waals surface area contributed by atoms with Crippen molar-refractivity contribution in [2.45, 2.75) is 13.0 Å². The Hall–Kier alpha value is -1.55. The minimum Gasteiger partial charge on any atom is -0.492 e. The summed E-state index contributed by atoms with van der Waals surface area (Å²) in [5.74, 6) is 1.66. The molecule has 1 fully saturated rings. The summed E-state index contributed by atoms with van der Waals surface area (Å²) in [5, 5.41) is 7.50. The first kappa shape index (κ1) is 25.7. The molecule has 8 heteroatoms.